The fraction of sp³-hybridized carbons (Fsp3) is 0.583. The van der Waals surface area contributed by atoms with Gasteiger partial charge in [-0.25, -0.2) is 4.98 Å². The molecule has 0 spiro atoms. The molecule has 4 heteroatoms. The average Bonchev–Trinajstić information content (AvgIpc) is 2.57. The zero-order chi connectivity index (χ0) is 11.4. The normalized spacial score (nSPS) is 17.2. The van der Waals surface area contributed by atoms with E-state index >= 15 is 0 Å². The smallest absolute Gasteiger partial charge is 0.147 e. The minimum Gasteiger partial charge on any atom is -0.392 e. The highest BCUT2D eigenvalue weighted by Crippen LogP contribution is 2.26. The van der Waals surface area contributed by atoms with Crippen LogP contribution in [0, 0.1) is 0 Å². The van der Waals surface area contributed by atoms with Crippen LogP contribution in [0.5, 0.6) is 0 Å². The third-order valence-electron chi connectivity index (χ3n) is 2.97. The maximum absolute atomic E-state index is 9.00. The molecule has 0 saturated carbocycles. The van der Waals surface area contributed by atoms with E-state index in [1.807, 2.05) is 0 Å². The number of aliphatic hydroxyl groups is 1. The van der Waals surface area contributed by atoms with Gasteiger partial charge in [0, 0.05) is 19.3 Å². The molecule has 2 heterocycles. The minimum absolute atomic E-state index is 0.00694. The van der Waals surface area contributed by atoms with E-state index in [2.05, 4.69) is 9.88 Å². The molecule has 16 heavy (non-hydrogen) atoms. The zero-order valence-corrected chi connectivity index (χ0v) is 10.1. The van der Waals surface area contributed by atoms with Crippen molar-refractivity contribution in [1.82, 2.24) is 4.98 Å². The van der Waals surface area contributed by atoms with Crippen molar-refractivity contribution >= 4 is 17.4 Å². The first-order chi connectivity index (χ1) is 7.81. The van der Waals surface area contributed by atoms with Crippen molar-refractivity contribution in [3.05, 3.63) is 22.8 Å². The van der Waals surface area contributed by atoms with Crippen LogP contribution in [0.25, 0.3) is 0 Å². The molecule has 0 amide bonds. The summed E-state index contributed by atoms with van der Waals surface area (Å²) in [6, 6.07) is 1.80. The summed E-state index contributed by atoms with van der Waals surface area (Å²) in [6.45, 7) is 2.06. The van der Waals surface area contributed by atoms with Crippen LogP contribution in [0.4, 0.5) is 5.82 Å². The lowest BCUT2D eigenvalue weighted by atomic mass is 10.2. The van der Waals surface area contributed by atoms with Gasteiger partial charge in [-0.1, -0.05) is 24.4 Å². The van der Waals surface area contributed by atoms with Gasteiger partial charge in [0.15, 0.2) is 0 Å². The Morgan fingerprint density at radius 1 is 1.25 bits per heavy atom. The van der Waals surface area contributed by atoms with E-state index in [-0.39, 0.29) is 6.61 Å². The Balaban J connectivity index is 2.18. The quantitative estimate of drug-likeness (QED) is 0.863. The van der Waals surface area contributed by atoms with Gasteiger partial charge in [0.2, 0.25) is 0 Å². The molecule has 1 aromatic rings. The summed E-state index contributed by atoms with van der Waals surface area (Å²) < 4.78 is 0. The molecule has 1 saturated heterocycles. The first-order valence-electron chi connectivity index (χ1n) is 5.81. The molecule has 0 bridgehead atoms. The highest BCUT2D eigenvalue weighted by Gasteiger charge is 2.14. The largest absolute Gasteiger partial charge is 0.392 e. The molecule has 0 unspecified atom stereocenters. The SMILES string of the molecule is OCc1cnc(N2CCCCCC2)c(Cl)c1. The lowest BCUT2D eigenvalue weighted by Crippen LogP contribution is -2.25. The minimum atomic E-state index is -0.00694. The van der Waals surface area contributed by atoms with Crippen molar-refractivity contribution in [2.75, 3.05) is 18.0 Å². The third kappa shape index (κ3) is 2.66. The molecule has 88 valence electrons. The Hall–Kier alpha value is -0.800. The first kappa shape index (κ1) is 11.7. The molecule has 1 aliphatic rings. The fourth-order valence-corrected chi connectivity index (χ4v) is 2.38. The molecule has 2 rings (SSSR count). The number of rotatable bonds is 2. The second-order valence-corrected chi connectivity index (χ2v) is 4.62. The lowest BCUT2D eigenvalue weighted by molar-refractivity contribution is 0.281. The molecule has 0 radical (unpaired) electrons. The summed E-state index contributed by atoms with van der Waals surface area (Å²) in [4.78, 5) is 6.59. The fourth-order valence-electron chi connectivity index (χ4n) is 2.07. The van der Waals surface area contributed by atoms with Gasteiger partial charge >= 0.3 is 0 Å². The first-order valence-corrected chi connectivity index (χ1v) is 6.19. The standard InChI is InChI=1S/C12H17ClN2O/c13-11-7-10(9-16)8-14-12(11)15-5-3-1-2-4-6-15/h7-8,16H,1-6,9H2. The van der Waals surface area contributed by atoms with Crippen LogP contribution in [0.2, 0.25) is 5.02 Å². The van der Waals surface area contributed by atoms with Crippen molar-refractivity contribution in [1.29, 1.82) is 0 Å². The number of anilines is 1. The van der Waals surface area contributed by atoms with Crippen molar-refractivity contribution in [3.63, 3.8) is 0 Å². The maximum Gasteiger partial charge on any atom is 0.147 e. The monoisotopic (exact) mass is 240 g/mol. The number of pyridine rings is 1. The van der Waals surface area contributed by atoms with Gasteiger partial charge in [-0.2, -0.15) is 0 Å². The number of aliphatic hydroxyl groups excluding tert-OH is 1. The maximum atomic E-state index is 9.00. The van der Waals surface area contributed by atoms with Crippen LogP contribution >= 0.6 is 11.6 Å². The summed E-state index contributed by atoms with van der Waals surface area (Å²) in [7, 11) is 0. The van der Waals surface area contributed by atoms with Gasteiger partial charge in [-0.15, -0.1) is 0 Å². The van der Waals surface area contributed by atoms with Crippen LogP contribution in [-0.4, -0.2) is 23.2 Å². The second kappa shape index (κ2) is 5.51. The number of halogens is 1. The van der Waals surface area contributed by atoms with Crippen molar-refractivity contribution in [2.45, 2.75) is 32.3 Å². The van der Waals surface area contributed by atoms with Crippen LogP contribution < -0.4 is 4.90 Å². The van der Waals surface area contributed by atoms with Gasteiger partial charge in [0.05, 0.1) is 11.6 Å². The third-order valence-corrected chi connectivity index (χ3v) is 3.24. The van der Waals surface area contributed by atoms with E-state index in [0.717, 1.165) is 24.5 Å². The Bertz CT molecular complexity index is 349. The lowest BCUT2D eigenvalue weighted by Gasteiger charge is -2.22. The summed E-state index contributed by atoms with van der Waals surface area (Å²) in [6.07, 6.45) is 6.71. The van der Waals surface area contributed by atoms with Crippen LogP contribution in [-0.2, 0) is 6.61 Å². The van der Waals surface area contributed by atoms with E-state index in [0.29, 0.717) is 5.02 Å². The van der Waals surface area contributed by atoms with E-state index in [4.69, 9.17) is 16.7 Å². The van der Waals surface area contributed by atoms with Gasteiger partial charge in [0.25, 0.3) is 0 Å². The van der Waals surface area contributed by atoms with Crippen molar-refractivity contribution in [3.8, 4) is 0 Å². The summed E-state index contributed by atoms with van der Waals surface area (Å²) in [5.41, 5.74) is 0.767. The predicted octanol–water partition coefficient (Wildman–Crippen LogP) is 2.61. The van der Waals surface area contributed by atoms with Gasteiger partial charge in [0.1, 0.15) is 5.82 Å². The molecule has 0 aliphatic carbocycles. The number of hydrogen-bond acceptors (Lipinski definition) is 3. The molecule has 1 aliphatic heterocycles. The molecular formula is C12H17ClN2O. The van der Waals surface area contributed by atoms with E-state index in [9.17, 15) is 0 Å². The Labute approximate surface area is 101 Å². The topological polar surface area (TPSA) is 36.4 Å². The Morgan fingerprint density at radius 2 is 1.94 bits per heavy atom. The van der Waals surface area contributed by atoms with E-state index in [1.165, 1.54) is 25.7 Å². The predicted molar refractivity (Wildman–Crippen MR) is 65.9 cm³/mol. The molecule has 1 fully saturated rings. The van der Waals surface area contributed by atoms with E-state index in [1.54, 1.807) is 12.3 Å². The molecule has 0 aromatic carbocycles. The zero-order valence-electron chi connectivity index (χ0n) is 9.32. The van der Waals surface area contributed by atoms with Crippen LogP contribution in [0.1, 0.15) is 31.2 Å². The summed E-state index contributed by atoms with van der Waals surface area (Å²) in [5, 5.41) is 9.64. The highest BCUT2D eigenvalue weighted by atomic mass is 35.5. The van der Waals surface area contributed by atoms with Gasteiger partial charge in [-0.3, -0.25) is 0 Å². The van der Waals surface area contributed by atoms with Crippen LogP contribution in [0.3, 0.4) is 0 Å². The average molecular weight is 241 g/mol. The van der Waals surface area contributed by atoms with Crippen molar-refractivity contribution < 1.29 is 5.11 Å². The summed E-state index contributed by atoms with van der Waals surface area (Å²) >= 11 is 6.18. The number of nitrogens with zero attached hydrogens (tertiary/aromatic N) is 2. The Kier molecular flexibility index (Phi) is 4.02. The second-order valence-electron chi connectivity index (χ2n) is 4.21. The highest BCUT2D eigenvalue weighted by molar-refractivity contribution is 6.33. The van der Waals surface area contributed by atoms with E-state index < -0.39 is 0 Å². The number of aromatic nitrogens is 1. The molecule has 0 atom stereocenters. The van der Waals surface area contributed by atoms with Gasteiger partial charge in [-0.05, 0) is 24.5 Å². The molecule has 3 nitrogen and oxygen atoms in total. The molecule has 1 N–H and O–H groups in total. The molecule has 1 aromatic heterocycles. The van der Waals surface area contributed by atoms with Crippen molar-refractivity contribution in [2.24, 2.45) is 0 Å². The van der Waals surface area contributed by atoms with Gasteiger partial charge < -0.3 is 10.0 Å². The molecular weight excluding hydrogens is 224 g/mol. The summed E-state index contributed by atoms with van der Waals surface area (Å²) in [5.74, 6) is 0.862. The van der Waals surface area contributed by atoms with Crippen LogP contribution in [0.15, 0.2) is 12.3 Å². The number of hydrogen-bond donors (Lipinski definition) is 1. The Morgan fingerprint density at radius 3 is 2.50 bits per heavy atom.